The molecular formula is C19H21FN6O. The van der Waals surface area contributed by atoms with E-state index in [1.54, 1.807) is 30.3 Å². The number of nitrogens with zero attached hydrogens (tertiary/aromatic N) is 5. The van der Waals surface area contributed by atoms with Gasteiger partial charge >= 0.3 is 0 Å². The van der Waals surface area contributed by atoms with Gasteiger partial charge in [0.15, 0.2) is 11.5 Å². The fourth-order valence-corrected chi connectivity index (χ4v) is 3.35. The number of hydrogen-bond acceptors (Lipinski definition) is 5. The van der Waals surface area contributed by atoms with Crippen molar-refractivity contribution in [2.45, 2.75) is 32.2 Å². The molecule has 140 valence electrons. The molecule has 1 fully saturated rings. The van der Waals surface area contributed by atoms with E-state index in [9.17, 15) is 9.18 Å². The molecule has 27 heavy (non-hydrogen) atoms. The molecule has 0 spiro atoms. The lowest BCUT2D eigenvalue weighted by Crippen LogP contribution is -2.44. The second-order valence-corrected chi connectivity index (χ2v) is 6.74. The smallest absolute Gasteiger partial charge is 0.244 e. The largest absolute Gasteiger partial charge is 0.357 e. The Morgan fingerprint density at radius 3 is 2.67 bits per heavy atom. The molecule has 0 bridgehead atoms. The molecule has 3 aromatic rings. The maximum atomic E-state index is 14.1. The number of likely N-dealkylation sites (tertiary alicyclic amines) is 1. The molecule has 1 unspecified atom stereocenters. The highest BCUT2D eigenvalue weighted by Crippen LogP contribution is 2.21. The van der Waals surface area contributed by atoms with Gasteiger partial charge in [-0.2, -0.15) is 4.52 Å². The summed E-state index contributed by atoms with van der Waals surface area (Å²) in [7, 11) is 0. The van der Waals surface area contributed by atoms with Gasteiger partial charge in [0.25, 0.3) is 0 Å². The number of amides is 1. The highest BCUT2D eigenvalue weighted by atomic mass is 19.1. The molecule has 1 saturated heterocycles. The van der Waals surface area contributed by atoms with Gasteiger partial charge in [-0.1, -0.05) is 12.1 Å². The van der Waals surface area contributed by atoms with Crippen molar-refractivity contribution in [3.05, 3.63) is 42.2 Å². The van der Waals surface area contributed by atoms with E-state index in [1.807, 2.05) is 11.8 Å². The highest BCUT2D eigenvalue weighted by molar-refractivity contribution is 5.84. The first-order chi connectivity index (χ1) is 13.1. The zero-order chi connectivity index (χ0) is 18.8. The zero-order valence-corrected chi connectivity index (χ0v) is 15.1. The van der Waals surface area contributed by atoms with Crippen molar-refractivity contribution in [1.29, 1.82) is 0 Å². The monoisotopic (exact) mass is 368 g/mol. The number of benzene rings is 1. The minimum atomic E-state index is -0.401. The van der Waals surface area contributed by atoms with Crippen LogP contribution in [-0.2, 0) is 4.79 Å². The molecule has 2 aromatic heterocycles. The summed E-state index contributed by atoms with van der Waals surface area (Å²) < 4.78 is 15.6. The molecule has 4 rings (SSSR count). The predicted molar refractivity (Wildman–Crippen MR) is 99.7 cm³/mol. The van der Waals surface area contributed by atoms with Crippen LogP contribution < -0.4 is 5.32 Å². The first kappa shape index (κ1) is 17.4. The SMILES string of the molecule is CC(Nc1ccc2nnc(-c3ccccc3F)n2n1)C(=O)N1CCCCC1. The van der Waals surface area contributed by atoms with Gasteiger partial charge in [-0.25, -0.2) is 4.39 Å². The number of fused-ring (bicyclic) bond motifs is 1. The summed E-state index contributed by atoms with van der Waals surface area (Å²) in [5.41, 5.74) is 0.834. The summed E-state index contributed by atoms with van der Waals surface area (Å²) in [6.45, 7) is 3.44. The third-order valence-electron chi connectivity index (χ3n) is 4.78. The lowest BCUT2D eigenvalue weighted by atomic mass is 10.1. The standard InChI is InChI=1S/C19H21FN6O/c1-13(19(27)25-11-5-2-6-12-25)21-16-9-10-17-22-23-18(26(17)24-16)14-7-3-4-8-15(14)20/h3-4,7-10,13H,2,5-6,11-12H2,1H3,(H,21,24). The molecule has 1 N–H and O–H groups in total. The second kappa shape index (κ2) is 7.30. The number of aromatic nitrogens is 4. The van der Waals surface area contributed by atoms with Crippen LogP contribution in [0.3, 0.4) is 0 Å². The molecule has 1 aromatic carbocycles. The number of hydrogen-bond donors (Lipinski definition) is 1. The van der Waals surface area contributed by atoms with Crippen LogP contribution in [0.2, 0.25) is 0 Å². The number of carbonyl (C=O) groups is 1. The number of rotatable bonds is 4. The highest BCUT2D eigenvalue weighted by Gasteiger charge is 2.22. The number of carbonyl (C=O) groups excluding carboxylic acids is 1. The molecule has 1 aliphatic rings. The van der Waals surface area contributed by atoms with Gasteiger partial charge in [0.2, 0.25) is 5.91 Å². The van der Waals surface area contributed by atoms with Crippen molar-refractivity contribution in [2.75, 3.05) is 18.4 Å². The van der Waals surface area contributed by atoms with Crippen LogP contribution in [-0.4, -0.2) is 49.7 Å². The van der Waals surface area contributed by atoms with Gasteiger partial charge in [0, 0.05) is 13.1 Å². The number of nitrogens with one attached hydrogen (secondary N) is 1. The minimum Gasteiger partial charge on any atom is -0.357 e. The van der Waals surface area contributed by atoms with Crippen LogP contribution in [0.4, 0.5) is 10.2 Å². The summed E-state index contributed by atoms with van der Waals surface area (Å²) in [6, 6.07) is 9.45. The number of halogens is 1. The van der Waals surface area contributed by atoms with Crippen LogP contribution in [0.5, 0.6) is 0 Å². The Morgan fingerprint density at radius 2 is 1.89 bits per heavy atom. The van der Waals surface area contributed by atoms with Gasteiger partial charge in [0.05, 0.1) is 5.56 Å². The maximum Gasteiger partial charge on any atom is 0.244 e. The van der Waals surface area contributed by atoms with Crippen molar-refractivity contribution in [3.8, 4) is 11.4 Å². The van der Waals surface area contributed by atoms with Gasteiger partial charge < -0.3 is 10.2 Å². The fraction of sp³-hybridized carbons (Fsp3) is 0.368. The fourth-order valence-electron chi connectivity index (χ4n) is 3.35. The summed E-state index contributed by atoms with van der Waals surface area (Å²) in [6.07, 6.45) is 3.28. The van der Waals surface area contributed by atoms with E-state index in [4.69, 9.17) is 0 Å². The first-order valence-electron chi connectivity index (χ1n) is 9.16. The summed E-state index contributed by atoms with van der Waals surface area (Å²) >= 11 is 0. The topological polar surface area (TPSA) is 75.4 Å². The molecule has 1 atom stereocenters. The zero-order valence-electron chi connectivity index (χ0n) is 15.1. The Morgan fingerprint density at radius 1 is 1.11 bits per heavy atom. The van der Waals surface area contributed by atoms with Crippen molar-refractivity contribution >= 4 is 17.4 Å². The molecular weight excluding hydrogens is 347 g/mol. The number of anilines is 1. The lowest BCUT2D eigenvalue weighted by Gasteiger charge is -2.29. The van der Waals surface area contributed by atoms with Crippen LogP contribution >= 0.6 is 0 Å². The van der Waals surface area contributed by atoms with Crippen molar-refractivity contribution in [3.63, 3.8) is 0 Å². The molecule has 0 saturated carbocycles. The van der Waals surface area contributed by atoms with Crippen LogP contribution in [0, 0.1) is 5.82 Å². The van der Waals surface area contributed by atoms with E-state index >= 15 is 0 Å². The number of piperidine rings is 1. The molecule has 8 heteroatoms. The maximum absolute atomic E-state index is 14.1. The average Bonchev–Trinajstić information content (AvgIpc) is 3.11. The Kier molecular flexibility index (Phi) is 4.70. The predicted octanol–water partition coefficient (Wildman–Crippen LogP) is 2.74. The summed E-state index contributed by atoms with van der Waals surface area (Å²) in [5, 5.41) is 15.7. The van der Waals surface area contributed by atoms with Crippen molar-refractivity contribution < 1.29 is 9.18 Å². The minimum absolute atomic E-state index is 0.0645. The van der Waals surface area contributed by atoms with E-state index < -0.39 is 6.04 Å². The third kappa shape index (κ3) is 3.47. The molecule has 3 heterocycles. The second-order valence-electron chi connectivity index (χ2n) is 6.74. The van der Waals surface area contributed by atoms with Crippen LogP contribution in [0.15, 0.2) is 36.4 Å². The van der Waals surface area contributed by atoms with E-state index in [0.717, 1.165) is 25.9 Å². The Bertz CT molecular complexity index is 966. The Balaban J connectivity index is 1.59. The van der Waals surface area contributed by atoms with Gasteiger partial charge in [0.1, 0.15) is 17.7 Å². The van der Waals surface area contributed by atoms with E-state index in [1.165, 1.54) is 17.0 Å². The van der Waals surface area contributed by atoms with Gasteiger partial charge in [-0.05, 0) is 50.5 Å². The first-order valence-corrected chi connectivity index (χ1v) is 9.16. The van der Waals surface area contributed by atoms with Crippen molar-refractivity contribution in [2.24, 2.45) is 0 Å². The Labute approximate surface area is 156 Å². The van der Waals surface area contributed by atoms with E-state index in [-0.39, 0.29) is 11.7 Å². The molecule has 1 aliphatic heterocycles. The van der Waals surface area contributed by atoms with Gasteiger partial charge in [-0.15, -0.1) is 15.3 Å². The Hall–Kier alpha value is -3.03. The summed E-state index contributed by atoms with van der Waals surface area (Å²) in [5.74, 6) is 0.509. The average molecular weight is 368 g/mol. The van der Waals surface area contributed by atoms with E-state index in [2.05, 4.69) is 20.6 Å². The lowest BCUT2D eigenvalue weighted by molar-refractivity contribution is -0.132. The third-order valence-corrected chi connectivity index (χ3v) is 4.78. The van der Waals surface area contributed by atoms with Crippen LogP contribution in [0.25, 0.3) is 17.0 Å². The van der Waals surface area contributed by atoms with E-state index in [0.29, 0.717) is 22.9 Å². The quantitative estimate of drug-likeness (QED) is 0.766. The molecule has 7 nitrogen and oxygen atoms in total. The molecule has 1 amide bonds. The van der Waals surface area contributed by atoms with Crippen LogP contribution in [0.1, 0.15) is 26.2 Å². The normalized spacial score (nSPS) is 15.7. The molecule has 0 aliphatic carbocycles. The van der Waals surface area contributed by atoms with Crippen molar-refractivity contribution in [1.82, 2.24) is 24.7 Å². The van der Waals surface area contributed by atoms with Gasteiger partial charge in [-0.3, -0.25) is 4.79 Å². The summed E-state index contributed by atoms with van der Waals surface area (Å²) in [4.78, 5) is 14.5. The molecule has 0 radical (unpaired) electrons.